The van der Waals surface area contributed by atoms with Crippen LogP contribution in [0.3, 0.4) is 0 Å². The van der Waals surface area contributed by atoms with E-state index < -0.39 is 0 Å². The summed E-state index contributed by atoms with van der Waals surface area (Å²) in [6.45, 7) is 3.36. The minimum Gasteiger partial charge on any atom is -0.497 e. The number of anilines is 3. The molecule has 8 nitrogen and oxygen atoms in total. The van der Waals surface area contributed by atoms with Crippen LogP contribution in [0, 0.1) is 0 Å². The van der Waals surface area contributed by atoms with Gasteiger partial charge in [0.05, 0.1) is 7.11 Å². The Morgan fingerprint density at radius 3 is 2.81 bits per heavy atom. The second kappa shape index (κ2) is 8.20. The maximum absolute atomic E-state index is 9.50. The first-order valence-corrected chi connectivity index (χ1v) is 8.72. The van der Waals surface area contributed by atoms with Crippen molar-refractivity contribution in [2.75, 3.05) is 49.7 Å². The SMILES string of the molecule is COc1cccc(CN2CCN(c3cc(N)nc(N)n3)CC2CCO)c1. The van der Waals surface area contributed by atoms with Crippen LogP contribution in [0.1, 0.15) is 12.0 Å². The number of piperazine rings is 1. The zero-order chi connectivity index (χ0) is 18.5. The van der Waals surface area contributed by atoms with E-state index in [-0.39, 0.29) is 18.6 Å². The van der Waals surface area contributed by atoms with Crippen molar-refractivity contribution in [3.63, 3.8) is 0 Å². The highest BCUT2D eigenvalue weighted by Crippen LogP contribution is 2.23. The molecule has 1 saturated heterocycles. The number of nitrogens with zero attached hydrogens (tertiary/aromatic N) is 4. The van der Waals surface area contributed by atoms with Crippen molar-refractivity contribution in [2.45, 2.75) is 19.0 Å². The molecule has 1 aliphatic heterocycles. The molecule has 2 heterocycles. The first kappa shape index (κ1) is 18.2. The molecule has 0 saturated carbocycles. The van der Waals surface area contributed by atoms with Crippen LogP contribution in [0.15, 0.2) is 30.3 Å². The Bertz CT molecular complexity index is 721. The Hall–Kier alpha value is -2.58. The molecule has 0 spiro atoms. The number of methoxy groups -OCH3 is 1. The minimum absolute atomic E-state index is 0.140. The molecule has 0 aliphatic carbocycles. The summed E-state index contributed by atoms with van der Waals surface area (Å²) in [6.07, 6.45) is 0.691. The molecule has 3 rings (SSSR count). The third-order valence-corrected chi connectivity index (χ3v) is 4.66. The number of aliphatic hydroxyl groups is 1. The maximum atomic E-state index is 9.50. The Balaban J connectivity index is 1.73. The Labute approximate surface area is 153 Å². The molecule has 1 aromatic heterocycles. The average molecular weight is 358 g/mol. The van der Waals surface area contributed by atoms with Gasteiger partial charge in [-0.2, -0.15) is 9.97 Å². The predicted octanol–water partition coefficient (Wildman–Crippen LogP) is 0.723. The summed E-state index contributed by atoms with van der Waals surface area (Å²) in [5, 5.41) is 9.50. The van der Waals surface area contributed by atoms with E-state index in [2.05, 4.69) is 25.8 Å². The molecule has 0 amide bonds. The number of rotatable bonds is 6. The van der Waals surface area contributed by atoms with Gasteiger partial charge in [-0.05, 0) is 24.1 Å². The van der Waals surface area contributed by atoms with E-state index in [1.54, 1.807) is 13.2 Å². The van der Waals surface area contributed by atoms with Gasteiger partial charge in [-0.1, -0.05) is 12.1 Å². The average Bonchev–Trinajstić information content (AvgIpc) is 2.63. The number of hydrogen-bond donors (Lipinski definition) is 3. The van der Waals surface area contributed by atoms with Gasteiger partial charge in [0.25, 0.3) is 0 Å². The summed E-state index contributed by atoms with van der Waals surface area (Å²) < 4.78 is 5.31. The molecule has 8 heteroatoms. The highest BCUT2D eigenvalue weighted by Gasteiger charge is 2.27. The molecule has 1 aromatic carbocycles. The van der Waals surface area contributed by atoms with Crippen molar-refractivity contribution < 1.29 is 9.84 Å². The van der Waals surface area contributed by atoms with Crippen LogP contribution in [0.5, 0.6) is 5.75 Å². The molecule has 140 valence electrons. The molecule has 1 fully saturated rings. The number of benzene rings is 1. The van der Waals surface area contributed by atoms with Crippen molar-refractivity contribution in [1.29, 1.82) is 0 Å². The normalized spacial score (nSPS) is 18.1. The third-order valence-electron chi connectivity index (χ3n) is 4.66. The van der Waals surface area contributed by atoms with Crippen molar-refractivity contribution in [2.24, 2.45) is 0 Å². The largest absolute Gasteiger partial charge is 0.497 e. The van der Waals surface area contributed by atoms with Crippen LogP contribution in [-0.4, -0.2) is 59.4 Å². The highest BCUT2D eigenvalue weighted by molar-refractivity contribution is 5.50. The number of nitrogens with two attached hydrogens (primary N) is 2. The molecule has 26 heavy (non-hydrogen) atoms. The van der Waals surface area contributed by atoms with Gasteiger partial charge in [0.1, 0.15) is 17.4 Å². The number of ether oxygens (including phenoxy) is 1. The maximum Gasteiger partial charge on any atom is 0.223 e. The number of aliphatic hydroxyl groups excluding tert-OH is 1. The monoisotopic (exact) mass is 358 g/mol. The fourth-order valence-corrected chi connectivity index (χ4v) is 3.37. The van der Waals surface area contributed by atoms with Crippen LogP contribution in [0.2, 0.25) is 0 Å². The smallest absolute Gasteiger partial charge is 0.223 e. The van der Waals surface area contributed by atoms with Gasteiger partial charge in [-0.25, -0.2) is 0 Å². The van der Waals surface area contributed by atoms with Gasteiger partial charge < -0.3 is 26.2 Å². The zero-order valence-corrected chi connectivity index (χ0v) is 15.0. The minimum atomic E-state index is 0.140. The fourth-order valence-electron chi connectivity index (χ4n) is 3.37. The van der Waals surface area contributed by atoms with E-state index in [0.717, 1.165) is 37.7 Å². The lowest BCUT2D eigenvalue weighted by Gasteiger charge is -2.42. The van der Waals surface area contributed by atoms with E-state index in [9.17, 15) is 5.11 Å². The third kappa shape index (κ3) is 4.33. The van der Waals surface area contributed by atoms with Gasteiger partial charge in [0, 0.05) is 44.9 Å². The topological polar surface area (TPSA) is 114 Å². The van der Waals surface area contributed by atoms with Crippen molar-refractivity contribution in [3.8, 4) is 5.75 Å². The quantitative estimate of drug-likeness (QED) is 0.692. The summed E-state index contributed by atoms with van der Waals surface area (Å²) in [7, 11) is 1.67. The Morgan fingerprint density at radius 1 is 1.23 bits per heavy atom. The Kier molecular flexibility index (Phi) is 5.75. The summed E-state index contributed by atoms with van der Waals surface area (Å²) >= 11 is 0. The van der Waals surface area contributed by atoms with E-state index in [1.165, 1.54) is 5.56 Å². The molecular formula is C18H26N6O2. The molecule has 2 aromatic rings. The van der Waals surface area contributed by atoms with Crippen LogP contribution in [0.25, 0.3) is 0 Å². The number of nitrogen functional groups attached to an aromatic ring is 2. The van der Waals surface area contributed by atoms with E-state index in [4.69, 9.17) is 16.2 Å². The number of aromatic nitrogens is 2. The van der Waals surface area contributed by atoms with Gasteiger partial charge >= 0.3 is 0 Å². The second-order valence-electron chi connectivity index (χ2n) is 6.44. The lowest BCUT2D eigenvalue weighted by atomic mass is 10.1. The van der Waals surface area contributed by atoms with Gasteiger partial charge in [0.15, 0.2) is 0 Å². The zero-order valence-electron chi connectivity index (χ0n) is 15.0. The van der Waals surface area contributed by atoms with Crippen LogP contribution in [-0.2, 0) is 6.54 Å². The molecule has 1 unspecified atom stereocenters. The van der Waals surface area contributed by atoms with Crippen LogP contribution < -0.4 is 21.1 Å². The molecule has 1 aliphatic rings. The molecule has 1 atom stereocenters. The number of hydrogen-bond acceptors (Lipinski definition) is 8. The van der Waals surface area contributed by atoms with E-state index >= 15 is 0 Å². The first-order valence-electron chi connectivity index (χ1n) is 8.72. The lowest BCUT2D eigenvalue weighted by Crippen LogP contribution is -2.53. The second-order valence-corrected chi connectivity index (χ2v) is 6.44. The molecule has 5 N–H and O–H groups in total. The summed E-state index contributed by atoms with van der Waals surface area (Å²) in [4.78, 5) is 12.8. The molecule has 0 radical (unpaired) electrons. The van der Waals surface area contributed by atoms with Crippen LogP contribution >= 0.6 is 0 Å². The Morgan fingerprint density at radius 2 is 2.08 bits per heavy atom. The van der Waals surface area contributed by atoms with Gasteiger partial charge in [0.2, 0.25) is 5.95 Å². The van der Waals surface area contributed by atoms with Gasteiger partial charge in [-0.3, -0.25) is 4.90 Å². The van der Waals surface area contributed by atoms with Gasteiger partial charge in [-0.15, -0.1) is 0 Å². The van der Waals surface area contributed by atoms with Crippen molar-refractivity contribution in [3.05, 3.63) is 35.9 Å². The van der Waals surface area contributed by atoms with Crippen molar-refractivity contribution >= 4 is 17.6 Å². The predicted molar refractivity (Wildman–Crippen MR) is 102 cm³/mol. The summed E-state index contributed by atoms with van der Waals surface area (Å²) in [6, 6.07) is 10.0. The van der Waals surface area contributed by atoms with Crippen LogP contribution in [0.4, 0.5) is 17.6 Å². The highest BCUT2D eigenvalue weighted by atomic mass is 16.5. The fraction of sp³-hybridized carbons (Fsp3) is 0.444. The lowest BCUT2D eigenvalue weighted by molar-refractivity contribution is 0.135. The van der Waals surface area contributed by atoms with E-state index in [1.807, 2.05) is 18.2 Å². The van der Waals surface area contributed by atoms with Crippen molar-refractivity contribution in [1.82, 2.24) is 14.9 Å². The standard InChI is InChI=1S/C18H26N6O2/c1-26-15-4-2-3-13(9-15)11-23-6-7-24(12-14(23)5-8-25)17-10-16(19)21-18(20)22-17/h2-4,9-10,14,25H,5-8,11-12H2,1H3,(H4,19,20,21,22). The van der Waals surface area contributed by atoms with E-state index in [0.29, 0.717) is 12.2 Å². The molecule has 0 bridgehead atoms. The first-order chi connectivity index (χ1) is 12.6. The molecular weight excluding hydrogens is 332 g/mol. The summed E-state index contributed by atoms with van der Waals surface area (Å²) in [5.74, 6) is 2.13. The summed E-state index contributed by atoms with van der Waals surface area (Å²) in [5.41, 5.74) is 12.7.